The van der Waals surface area contributed by atoms with Crippen molar-refractivity contribution in [3.8, 4) is 0 Å². The Morgan fingerprint density at radius 2 is 1.85 bits per heavy atom. The highest BCUT2D eigenvalue weighted by atomic mass is 14.1. The zero-order chi connectivity index (χ0) is 10.3. The van der Waals surface area contributed by atoms with Crippen molar-refractivity contribution in [2.24, 2.45) is 11.3 Å². The maximum Gasteiger partial charge on any atom is -0.00217 e. The predicted octanol–water partition coefficient (Wildman–Crippen LogP) is 4.36. The fraction of sp³-hybridized carbons (Fsp3) is 0.538. The molecule has 1 unspecified atom stereocenters. The molecular formula is C13H22. The first-order chi connectivity index (χ1) is 5.99. The highest BCUT2D eigenvalue weighted by Crippen LogP contribution is 2.19. The van der Waals surface area contributed by atoms with Crippen molar-refractivity contribution in [3.05, 3.63) is 37.5 Å². The van der Waals surface area contributed by atoms with E-state index in [0.29, 0.717) is 11.3 Å². The van der Waals surface area contributed by atoms with Crippen LogP contribution in [0.25, 0.3) is 0 Å². The summed E-state index contributed by atoms with van der Waals surface area (Å²) in [4.78, 5) is 0. The highest BCUT2D eigenvalue weighted by Gasteiger charge is 2.06. The zero-order valence-electron chi connectivity index (χ0n) is 9.22. The van der Waals surface area contributed by atoms with Crippen LogP contribution < -0.4 is 0 Å². The van der Waals surface area contributed by atoms with Crippen molar-refractivity contribution in [1.29, 1.82) is 0 Å². The van der Waals surface area contributed by atoms with Crippen LogP contribution in [-0.2, 0) is 0 Å². The molecule has 0 saturated carbocycles. The quantitative estimate of drug-likeness (QED) is 0.549. The van der Waals surface area contributed by atoms with Gasteiger partial charge in [0.25, 0.3) is 0 Å². The molecule has 13 heavy (non-hydrogen) atoms. The molecule has 0 saturated heterocycles. The Morgan fingerprint density at radius 1 is 1.23 bits per heavy atom. The summed E-state index contributed by atoms with van der Waals surface area (Å²) >= 11 is 0. The van der Waals surface area contributed by atoms with E-state index >= 15 is 0 Å². The average Bonchev–Trinajstić information content (AvgIpc) is 2.01. The molecule has 0 aliphatic carbocycles. The number of rotatable bonds is 5. The summed E-state index contributed by atoms with van der Waals surface area (Å²) in [6.45, 7) is 14.3. The Labute approximate surface area is 83.0 Å². The molecule has 0 heterocycles. The van der Waals surface area contributed by atoms with Crippen LogP contribution in [0, 0.1) is 11.3 Å². The van der Waals surface area contributed by atoms with Gasteiger partial charge in [0.15, 0.2) is 0 Å². The number of allylic oxidation sites excluding steroid dienone is 4. The second kappa shape index (κ2) is 5.80. The van der Waals surface area contributed by atoms with Crippen molar-refractivity contribution < 1.29 is 0 Å². The fourth-order valence-electron chi connectivity index (χ4n) is 1.04. The topological polar surface area (TPSA) is 0 Å². The minimum atomic E-state index is 0.385. The largest absolute Gasteiger partial charge is 0.103 e. The van der Waals surface area contributed by atoms with Gasteiger partial charge in [0, 0.05) is 0 Å². The van der Waals surface area contributed by atoms with Crippen molar-refractivity contribution in [3.63, 3.8) is 0 Å². The summed E-state index contributed by atoms with van der Waals surface area (Å²) in [5, 5.41) is 0. The normalized spacial score (nSPS) is 14.4. The van der Waals surface area contributed by atoms with Gasteiger partial charge >= 0.3 is 0 Å². The zero-order valence-corrected chi connectivity index (χ0v) is 9.22. The van der Waals surface area contributed by atoms with Crippen LogP contribution in [0.15, 0.2) is 37.5 Å². The van der Waals surface area contributed by atoms with E-state index in [1.54, 1.807) is 0 Å². The van der Waals surface area contributed by atoms with Gasteiger partial charge in [0.2, 0.25) is 0 Å². The van der Waals surface area contributed by atoms with E-state index in [4.69, 9.17) is 0 Å². The molecule has 0 heteroatoms. The lowest BCUT2D eigenvalue weighted by Gasteiger charge is -2.15. The van der Waals surface area contributed by atoms with E-state index in [1.807, 2.05) is 12.2 Å². The lowest BCUT2D eigenvalue weighted by Crippen LogP contribution is -2.02. The molecule has 0 bridgehead atoms. The van der Waals surface area contributed by atoms with Gasteiger partial charge in [-0.25, -0.2) is 0 Å². The summed E-state index contributed by atoms with van der Waals surface area (Å²) < 4.78 is 0. The summed E-state index contributed by atoms with van der Waals surface area (Å²) in [5.41, 5.74) is 0.385. The van der Waals surface area contributed by atoms with Gasteiger partial charge in [0.05, 0.1) is 0 Å². The first kappa shape index (κ1) is 12.2. The van der Waals surface area contributed by atoms with Gasteiger partial charge in [-0.3, -0.25) is 0 Å². The summed E-state index contributed by atoms with van der Waals surface area (Å²) in [5.74, 6) is 0.458. The number of hydrogen-bond donors (Lipinski definition) is 0. The average molecular weight is 178 g/mol. The van der Waals surface area contributed by atoms with E-state index in [2.05, 4.69) is 46.1 Å². The smallest absolute Gasteiger partial charge is 0.00217 e. The molecule has 0 fully saturated rings. The minimum Gasteiger partial charge on any atom is -0.103 e. The van der Waals surface area contributed by atoms with Gasteiger partial charge in [-0.15, -0.1) is 13.2 Å². The molecule has 0 rings (SSSR count). The summed E-state index contributed by atoms with van der Waals surface area (Å²) in [6, 6.07) is 0. The SMILES string of the molecule is C=CCC(C=C)/C=C/CC(C)(C)C. The summed E-state index contributed by atoms with van der Waals surface area (Å²) in [7, 11) is 0. The molecule has 0 amide bonds. The molecule has 0 aliphatic heterocycles. The second-order valence-electron chi connectivity index (χ2n) is 4.62. The van der Waals surface area contributed by atoms with E-state index < -0.39 is 0 Å². The van der Waals surface area contributed by atoms with Crippen molar-refractivity contribution >= 4 is 0 Å². The Balaban J connectivity index is 3.93. The third kappa shape index (κ3) is 7.58. The third-order valence-corrected chi connectivity index (χ3v) is 1.86. The molecular weight excluding hydrogens is 156 g/mol. The standard InChI is InChI=1S/C13H22/c1-6-9-12(7-2)10-8-11-13(3,4)5/h6-8,10,12H,1-2,9,11H2,3-5H3/b10-8+. The van der Waals surface area contributed by atoms with Gasteiger partial charge in [0.1, 0.15) is 0 Å². The van der Waals surface area contributed by atoms with E-state index in [1.165, 1.54) is 0 Å². The van der Waals surface area contributed by atoms with Gasteiger partial charge < -0.3 is 0 Å². The molecule has 0 radical (unpaired) electrons. The fourth-order valence-corrected chi connectivity index (χ4v) is 1.04. The number of hydrogen-bond acceptors (Lipinski definition) is 0. The van der Waals surface area contributed by atoms with Gasteiger partial charge in [-0.2, -0.15) is 0 Å². The van der Waals surface area contributed by atoms with E-state index in [9.17, 15) is 0 Å². The first-order valence-corrected chi connectivity index (χ1v) is 4.89. The van der Waals surface area contributed by atoms with Crippen molar-refractivity contribution in [2.75, 3.05) is 0 Å². The Bertz CT molecular complexity index is 179. The maximum atomic E-state index is 3.80. The molecule has 0 aromatic carbocycles. The molecule has 0 aromatic rings. The Hall–Kier alpha value is -0.780. The first-order valence-electron chi connectivity index (χ1n) is 4.89. The molecule has 74 valence electrons. The predicted molar refractivity (Wildman–Crippen MR) is 61.7 cm³/mol. The van der Waals surface area contributed by atoms with Gasteiger partial charge in [-0.1, -0.05) is 45.1 Å². The molecule has 0 nitrogen and oxygen atoms in total. The highest BCUT2D eigenvalue weighted by molar-refractivity contribution is 5.00. The molecule has 0 aromatic heterocycles. The van der Waals surface area contributed by atoms with Crippen LogP contribution in [0.2, 0.25) is 0 Å². The van der Waals surface area contributed by atoms with Crippen molar-refractivity contribution in [2.45, 2.75) is 33.6 Å². The van der Waals surface area contributed by atoms with E-state index in [-0.39, 0.29) is 0 Å². The second-order valence-corrected chi connectivity index (χ2v) is 4.62. The molecule has 0 aliphatic rings. The summed E-state index contributed by atoms with van der Waals surface area (Å²) in [6.07, 6.45) is 10.5. The lowest BCUT2D eigenvalue weighted by molar-refractivity contribution is 0.420. The van der Waals surface area contributed by atoms with Crippen LogP contribution in [-0.4, -0.2) is 0 Å². The molecule has 0 N–H and O–H groups in total. The minimum absolute atomic E-state index is 0.385. The van der Waals surface area contributed by atoms with Crippen LogP contribution in [0.1, 0.15) is 33.6 Å². The maximum absolute atomic E-state index is 3.80. The monoisotopic (exact) mass is 178 g/mol. The lowest BCUT2D eigenvalue weighted by atomic mass is 9.91. The van der Waals surface area contributed by atoms with Crippen LogP contribution in [0.3, 0.4) is 0 Å². The molecule has 1 atom stereocenters. The van der Waals surface area contributed by atoms with Crippen LogP contribution in [0.4, 0.5) is 0 Å². The van der Waals surface area contributed by atoms with Crippen LogP contribution in [0.5, 0.6) is 0 Å². The van der Waals surface area contributed by atoms with E-state index in [0.717, 1.165) is 12.8 Å². The van der Waals surface area contributed by atoms with Gasteiger partial charge in [-0.05, 0) is 24.2 Å². The Morgan fingerprint density at radius 3 is 2.23 bits per heavy atom. The molecule has 0 spiro atoms. The van der Waals surface area contributed by atoms with Crippen molar-refractivity contribution in [1.82, 2.24) is 0 Å². The third-order valence-electron chi connectivity index (χ3n) is 1.86. The van der Waals surface area contributed by atoms with Crippen LogP contribution >= 0.6 is 0 Å². The Kier molecular flexibility index (Phi) is 5.45.